The van der Waals surface area contributed by atoms with Crippen LogP contribution in [0, 0.1) is 0 Å². The molecule has 8 nitrogen and oxygen atoms in total. The normalized spacial score (nSPS) is 22.7. The molecule has 0 saturated carbocycles. The number of amides is 2. The molecule has 2 saturated heterocycles. The van der Waals surface area contributed by atoms with Crippen LogP contribution in [0.1, 0.15) is 51.4 Å². The molecule has 4 N–H and O–H groups in total. The molecule has 0 aliphatic carbocycles. The number of carbonyl (C=O) groups excluding carboxylic acids is 2. The Morgan fingerprint density at radius 2 is 1.53 bits per heavy atom. The van der Waals surface area contributed by atoms with E-state index in [4.69, 9.17) is 19.9 Å². The minimum absolute atomic E-state index is 0.0364. The zero-order valence-corrected chi connectivity index (χ0v) is 18.9. The van der Waals surface area contributed by atoms with Gasteiger partial charge in [-0.1, -0.05) is 6.42 Å². The number of fused-ring (bicyclic) bond motifs is 1. The van der Waals surface area contributed by atoms with Gasteiger partial charge in [0.1, 0.15) is 5.78 Å². The van der Waals surface area contributed by atoms with Gasteiger partial charge in [-0.25, -0.2) is 4.79 Å². The molecular formula is C21H39N3O5S. The summed E-state index contributed by atoms with van der Waals surface area (Å²) in [6.07, 6.45) is 7.03. The smallest absolute Gasteiger partial charge is 0.315 e. The number of ketones is 1. The molecule has 3 atom stereocenters. The second-order valence-corrected chi connectivity index (χ2v) is 9.11. The van der Waals surface area contributed by atoms with Gasteiger partial charge in [-0.3, -0.25) is 4.79 Å². The molecule has 0 unspecified atom stereocenters. The van der Waals surface area contributed by atoms with Crippen molar-refractivity contribution in [3.63, 3.8) is 0 Å². The van der Waals surface area contributed by atoms with E-state index in [0.29, 0.717) is 70.1 Å². The first-order chi connectivity index (χ1) is 14.7. The summed E-state index contributed by atoms with van der Waals surface area (Å²) < 4.78 is 16.3. The summed E-state index contributed by atoms with van der Waals surface area (Å²) in [6.45, 7) is 4.33. The van der Waals surface area contributed by atoms with Crippen LogP contribution in [0.25, 0.3) is 0 Å². The molecule has 2 rings (SSSR count). The van der Waals surface area contributed by atoms with E-state index in [0.717, 1.165) is 44.3 Å². The van der Waals surface area contributed by atoms with E-state index in [1.54, 1.807) is 0 Å². The third kappa shape index (κ3) is 10.4. The lowest BCUT2D eigenvalue weighted by Gasteiger charge is -2.16. The average Bonchev–Trinajstić information content (AvgIpc) is 3.28. The Labute approximate surface area is 184 Å². The average molecular weight is 446 g/mol. The predicted molar refractivity (Wildman–Crippen MR) is 119 cm³/mol. The third-order valence-electron chi connectivity index (χ3n) is 5.36. The van der Waals surface area contributed by atoms with Crippen LogP contribution in [-0.2, 0) is 19.0 Å². The molecule has 9 heteroatoms. The molecule has 0 aromatic heterocycles. The highest BCUT2D eigenvalue weighted by atomic mass is 32.2. The lowest BCUT2D eigenvalue weighted by Crippen LogP contribution is -2.36. The highest BCUT2D eigenvalue weighted by Crippen LogP contribution is 2.33. The first kappa shape index (κ1) is 25.4. The van der Waals surface area contributed by atoms with Gasteiger partial charge < -0.3 is 30.6 Å². The van der Waals surface area contributed by atoms with Gasteiger partial charge in [-0.15, -0.1) is 0 Å². The zero-order valence-electron chi connectivity index (χ0n) is 18.1. The number of rotatable bonds is 19. The number of urea groups is 1. The van der Waals surface area contributed by atoms with Gasteiger partial charge in [0.15, 0.2) is 0 Å². The molecule has 2 aliphatic rings. The van der Waals surface area contributed by atoms with E-state index < -0.39 is 0 Å². The number of Topliss-reactive ketones (excluding diaryl/α,β-unsaturated/α-hetero) is 1. The number of carbonyl (C=O) groups is 2. The lowest BCUT2D eigenvalue weighted by atomic mass is 10.0. The van der Waals surface area contributed by atoms with Crippen molar-refractivity contribution < 1.29 is 23.8 Å². The summed E-state index contributed by atoms with van der Waals surface area (Å²) in [5, 5.41) is 6.46. The predicted octanol–water partition coefficient (Wildman–Crippen LogP) is 1.85. The summed E-state index contributed by atoms with van der Waals surface area (Å²) in [5.41, 5.74) is 5.38. The molecule has 2 amide bonds. The SMILES string of the molecule is NCCCOCCOCCOCCCCC(=O)CCCC[C@@H]1SC[C@@H]2NC(=O)N[C@@H]21. The van der Waals surface area contributed by atoms with Crippen molar-refractivity contribution in [3.05, 3.63) is 0 Å². The molecule has 2 heterocycles. The molecule has 0 radical (unpaired) electrons. The van der Waals surface area contributed by atoms with Crippen LogP contribution in [0.15, 0.2) is 0 Å². The van der Waals surface area contributed by atoms with E-state index in [9.17, 15) is 9.59 Å². The van der Waals surface area contributed by atoms with E-state index >= 15 is 0 Å². The molecule has 174 valence electrons. The first-order valence-electron chi connectivity index (χ1n) is 11.3. The van der Waals surface area contributed by atoms with Crippen LogP contribution in [0.3, 0.4) is 0 Å². The number of hydrogen-bond acceptors (Lipinski definition) is 7. The van der Waals surface area contributed by atoms with Crippen molar-refractivity contribution in [1.29, 1.82) is 0 Å². The zero-order chi connectivity index (χ0) is 21.4. The summed E-state index contributed by atoms with van der Waals surface area (Å²) in [4.78, 5) is 23.4. The van der Waals surface area contributed by atoms with Crippen molar-refractivity contribution in [2.75, 3.05) is 51.9 Å². The fourth-order valence-electron chi connectivity index (χ4n) is 3.69. The lowest BCUT2D eigenvalue weighted by molar-refractivity contribution is -0.119. The van der Waals surface area contributed by atoms with Gasteiger partial charge >= 0.3 is 6.03 Å². The summed E-state index contributed by atoms with van der Waals surface area (Å²) >= 11 is 1.93. The second kappa shape index (κ2) is 15.9. The Bertz CT molecular complexity index is 497. The van der Waals surface area contributed by atoms with Gasteiger partial charge in [0.25, 0.3) is 0 Å². The van der Waals surface area contributed by atoms with E-state index in [-0.39, 0.29) is 18.1 Å². The number of thioether (sulfide) groups is 1. The van der Waals surface area contributed by atoms with Crippen molar-refractivity contribution >= 4 is 23.6 Å². The Hall–Kier alpha value is -0.870. The van der Waals surface area contributed by atoms with Crippen LogP contribution in [-0.4, -0.2) is 81.1 Å². The molecule has 0 bridgehead atoms. The fourth-order valence-corrected chi connectivity index (χ4v) is 5.23. The highest BCUT2D eigenvalue weighted by molar-refractivity contribution is 8.00. The molecule has 0 aromatic rings. The molecule has 2 fully saturated rings. The van der Waals surface area contributed by atoms with Crippen LogP contribution in [0.2, 0.25) is 0 Å². The molecule has 30 heavy (non-hydrogen) atoms. The quantitative estimate of drug-likeness (QED) is 0.205. The Morgan fingerprint density at radius 3 is 2.23 bits per heavy atom. The maximum absolute atomic E-state index is 12.0. The third-order valence-corrected chi connectivity index (χ3v) is 6.87. The van der Waals surface area contributed by atoms with Crippen molar-refractivity contribution in [3.8, 4) is 0 Å². The Morgan fingerprint density at radius 1 is 0.900 bits per heavy atom. The largest absolute Gasteiger partial charge is 0.379 e. The van der Waals surface area contributed by atoms with Gasteiger partial charge in [0.2, 0.25) is 0 Å². The molecule has 0 aromatic carbocycles. The molecule has 2 aliphatic heterocycles. The van der Waals surface area contributed by atoms with Crippen LogP contribution in [0.5, 0.6) is 0 Å². The van der Waals surface area contributed by atoms with Gasteiger partial charge in [-0.05, 0) is 38.6 Å². The van der Waals surface area contributed by atoms with Crippen molar-refractivity contribution in [1.82, 2.24) is 10.6 Å². The second-order valence-electron chi connectivity index (χ2n) is 7.84. The number of hydrogen-bond donors (Lipinski definition) is 3. The van der Waals surface area contributed by atoms with Gasteiger partial charge in [-0.2, -0.15) is 11.8 Å². The minimum atomic E-state index is -0.0364. The minimum Gasteiger partial charge on any atom is -0.379 e. The highest BCUT2D eigenvalue weighted by Gasteiger charge is 2.42. The standard InChI is InChI=1S/C21H39N3O5S/c22-9-5-11-28-13-15-29-14-12-27-10-4-3-7-17(25)6-1-2-8-19-20-18(16-30-19)23-21(26)24-20/h18-20H,1-16,22H2,(H2,23,24,26)/t18-,19-,20-/m0/s1. The Kier molecular flexibility index (Phi) is 13.4. The number of ether oxygens (including phenoxy) is 3. The topological polar surface area (TPSA) is 112 Å². The number of nitrogens with one attached hydrogen (secondary N) is 2. The molecular weight excluding hydrogens is 406 g/mol. The van der Waals surface area contributed by atoms with Crippen molar-refractivity contribution in [2.24, 2.45) is 5.73 Å². The fraction of sp³-hybridized carbons (Fsp3) is 0.905. The first-order valence-corrected chi connectivity index (χ1v) is 12.4. The summed E-state index contributed by atoms with van der Waals surface area (Å²) in [7, 11) is 0. The van der Waals surface area contributed by atoms with E-state index in [2.05, 4.69) is 10.6 Å². The summed E-state index contributed by atoms with van der Waals surface area (Å²) in [5.74, 6) is 1.34. The van der Waals surface area contributed by atoms with Gasteiger partial charge in [0, 0.05) is 37.1 Å². The van der Waals surface area contributed by atoms with Crippen molar-refractivity contribution in [2.45, 2.75) is 68.7 Å². The van der Waals surface area contributed by atoms with Crippen LogP contribution < -0.4 is 16.4 Å². The Balaban J connectivity index is 1.31. The van der Waals surface area contributed by atoms with E-state index in [1.165, 1.54) is 0 Å². The monoisotopic (exact) mass is 445 g/mol. The maximum Gasteiger partial charge on any atom is 0.315 e. The number of unbranched alkanes of at least 4 members (excludes halogenated alkanes) is 2. The molecule has 0 spiro atoms. The maximum atomic E-state index is 12.0. The summed E-state index contributed by atoms with van der Waals surface area (Å²) in [6, 6.07) is 0.507. The van der Waals surface area contributed by atoms with Crippen LogP contribution in [0.4, 0.5) is 4.79 Å². The number of nitrogens with two attached hydrogens (primary N) is 1. The van der Waals surface area contributed by atoms with E-state index in [1.807, 2.05) is 11.8 Å². The van der Waals surface area contributed by atoms with Gasteiger partial charge in [0.05, 0.1) is 38.5 Å². The van der Waals surface area contributed by atoms with Crippen LogP contribution >= 0.6 is 11.8 Å².